The molecule has 0 unspecified atom stereocenters. The largest absolute Gasteiger partial charge is 0.492 e. The summed E-state index contributed by atoms with van der Waals surface area (Å²) in [5.74, 6) is -0.309. The normalized spacial score (nSPS) is 11.1. The van der Waals surface area contributed by atoms with Crippen LogP contribution in [0.3, 0.4) is 0 Å². The lowest BCUT2D eigenvalue weighted by Gasteiger charge is -2.19. The summed E-state index contributed by atoms with van der Waals surface area (Å²) in [5.41, 5.74) is 0.350. The standard InChI is InChI=1S/C18H19F3N2O2S/c1-23(11-12-25-14-7-3-2-4-8-14)17(24)22-15-9-5-6-10-16(15)26-13-18(19,20)21/h2-10H,11-13H2,1H3,(H,22,24). The highest BCUT2D eigenvalue weighted by atomic mass is 32.2. The highest BCUT2D eigenvalue weighted by Crippen LogP contribution is 2.32. The summed E-state index contributed by atoms with van der Waals surface area (Å²) < 4.78 is 42.8. The summed E-state index contributed by atoms with van der Waals surface area (Å²) in [5, 5.41) is 2.64. The summed E-state index contributed by atoms with van der Waals surface area (Å²) in [6, 6.07) is 15.2. The maximum atomic E-state index is 12.4. The molecular weight excluding hydrogens is 365 g/mol. The van der Waals surface area contributed by atoms with Gasteiger partial charge >= 0.3 is 12.2 Å². The predicted molar refractivity (Wildman–Crippen MR) is 96.8 cm³/mol. The molecular formula is C18H19F3N2O2S. The number of hydrogen-bond acceptors (Lipinski definition) is 3. The van der Waals surface area contributed by atoms with Crippen LogP contribution >= 0.6 is 11.8 Å². The number of thioether (sulfide) groups is 1. The van der Waals surface area contributed by atoms with Gasteiger partial charge in [-0.3, -0.25) is 0 Å². The van der Waals surface area contributed by atoms with Gasteiger partial charge in [0.2, 0.25) is 0 Å². The van der Waals surface area contributed by atoms with Crippen LogP contribution in [0.25, 0.3) is 0 Å². The molecule has 0 aromatic heterocycles. The Labute approximate surface area is 154 Å². The smallest absolute Gasteiger partial charge is 0.398 e. The Bertz CT molecular complexity index is 711. The number of nitrogens with zero attached hydrogens (tertiary/aromatic N) is 1. The Morgan fingerprint density at radius 1 is 1.12 bits per heavy atom. The van der Waals surface area contributed by atoms with E-state index >= 15 is 0 Å². The van der Waals surface area contributed by atoms with Crippen LogP contribution in [-0.2, 0) is 0 Å². The van der Waals surface area contributed by atoms with E-state index < -0.39 is 18.0 Å². The van der Waals surface area contributed by atoms with Crippen molar-refractivity contribution in [2.24, 2.45) is 0 Å². The van der Waals surface area contributed by atoms with Crippen LogP contribution in [0.5, 0.6) is 5.75 Å². The third-order valence-corrected chi connectivity index (χ3v) is 4.44. The van der Waals surface area contributed by atoms with Gasteiger partial charge in [0.05, 0.1) is 18.0 Å². The minimum Gasteiger partial charge on any atom is -0.492 e. The number of urea groups is 1. The molecule has 0 aliphatic carbocycles. The average molecular weight is 384 g/mol. The van der Waals surface area contributed by atoms with Crippen LogP contribution in [0, 0.1) is 0 Å². The molecule has 0 aliphatic heterocycles. The molecule has 0 aliphatic rings. The van der Waals surface area contributed by atoms with Gasteiger partial charge < -0.3 is 15.0 Å². The third kappa shape index (κ3) is 6.87. The van der Waals surface area contributed by atoms with Crippen molar-refractivity contribution in [2.75, 3.05) is 31.3 Å². The number of carbonyl (C=O) groups excluding carboxylic acids is 1. The number of amides is 2. The summed E-state index contributed by atoms with van der Waals surface area (Å²) in [7, 11) is 1.59. The Hall–Kier alpha value is -2.35. The Balaban J connectivity index is 1.86. The number of hydrogen-bond donors (Lipinski definition) is 1. The average Bonchev–Trinajstić information content (AvgIpc) is 2.61. The number of anilines is 1. The summed E-state index contributed by atoms with van der Waals surface area (Å²) in [6.45, 7) is 0.636. The van der Waals surface area contributed by atoms with Crippen molar-refractivity contribution < 1.29 is 22.7 Å². The molecule has 2 aromatic carbocycles. The lowest BCUT2D eigenvalue weighted by Crippen LogP contribution is -2.34. The quantitative estimate of drug-likeness (QED) is 0.692. The fourth-order valence-corrected chi connectivity index (χ4v) is 2.75. The number of benzene rings is 2. The molecule has 0 atom stereocenters. The van der Waals surface area contributed by atoms with E-state index in [1.165, 1.54) is 4.90 Å². The van der Waals surface area contributed by atoms with E-state index in [1.807, 2.05) is 30.3 Å². The molecule has 2 rings (SSSR count). The van der Waals surface area contributed by atoms with E-state index in [9.17, 15) is 18.0 Å². The minimum absolute atomic E-state index is 0.304. The predicted octanol–water partition coefficient (Wildman–Crippen LogP) is 4.88. The summed E-state index contributed by atoms with van der Waals surface area (Å²) in [4.78, 5) is 14.0. The molecule has 1 N–H and O–H groups in total. The number of likely N-dealkylation sites (N-methyl/N-ethyl adjacent to an activating group) is 1. The second kappa shape index (κ2) is 9.38. The Morgan fingerprint density at radius 2 is 1.77 bits per heavy atom. The van der Waals surface area contributed by atoms with E-state index in [2.05, 4.69) is 5.32 Å². The van der Waals surface area contributed by atoms with Gasteiger partial charge in [0, 0.05) is 11.9 Å². The minimum atomic E-state index is -4.27. The van der Waals surface area contributed by atoms with Crippen molar-refractivity contribution in [2.45, 2.75) is 11.1 Å². The monoisotopic (exact) mass is 384 g/mol. The van der Waals surface area contributed by atoms with Crippen LogP contribution in [0.4, 0.5) is 23.7 Å². The van der Waals surface area contributed by atoms with Crippen LogP contribution in [-0.4, -0.2) is 43.1 Å². The zero-order chi connectivity index (χ0) is 19.0. The lowest BCUT2D eigenvalue weighted by molar-refractivity contribution is -0.105. The van der Waals surface area contributed by atoms with Crippen LogP contribution in [0.1, 0.15) is 0 Å². The van der Waals surface area contributed by atoms with Gasteiger partial charge in [-0.1, -0.05) is 30.3 Å². The first kappa shape index (κ1) is 20.0. The number of ether oxygens (including phenoxy) is 1. The van der Waals surface area contributed by atoms with Crippen molar-refractivity contribution in [1.29, 1.82) is 0 Å². The van der Waals surface area contributed by atoms with Gasteiger partial charge in [0.25, 0.3) is 0 Å². The van der Waals surface area contributed by atoms with E-state index in [0.717, 1.165) is 0 Å². The molecule has 0 fully saturated rings. The van der Waals surface area contributed by atoms with Gasteiger partial charge in [0.15, 0.2) is 0 Å². The lowest BCUT2D eigenvalue weighted by atomic mass is 10.3. The highest BCUT2D eigenvalue weighted by Gasteiger charge is 2.27. The van der Waals surface area contributed by atoms with Gasteiger partial charge in [-0.05, 0) is 24.3 Å². The number of alkyl halides is 3. The number of carbonyl (C=O) groups is 1. The molecule has 140 valence electrons. The SMILES string of the molecule is CN(CCOc1ccccc1)C(=O)Nc1ccccc1SCC(F)(F)F. The summed E-state index contributed by atoms with van der Waals surface area (Å²) >= 11 is 0.640. The van der Waals surface area contributed by atoms with Crippen molar-refractivity contribution in [3.05, 3.63) is 54.6 Å². The first-order valence-electron chi connectivity index (χ1n) is 7.84. The van der Waals surface area contributed by atoms with E-state index in [4.69, 9.17) is 4.74 Å². The molecule has 0 bridgehead atoms. The Morgan fingerprint density at radius 3 is 2.46 bits per heavy atom. The van der Waals surface area contributed by atoms with E-state index in [0.29, 0.717) is 41.2 Å². The molecule has 8 heteroatoms. The molecule has 26 heavy (non-hydrogen) atoms. The third-order valence-electron chi connectivity index (χ3n) is 3.31. The van der Waals surface area contributed by atoms with Crippen LogP contribution in [0.15, 0.2) is 59.5 Å². The molecule has 0 saturated carbocycles. The highest BCUT2D eigenvalue weighted by molar-refractivity contribution is 7.99. The molecule has 0 spiro atoms. The van der Waals surface area contributed by atoms with Crippen molar-refractivity contribution in [1.82, 2.24) is 4.90 Å². The number of nitrogens with one attached hydrogen (secondary N) is 1. The zero-order valence-corrected chi connectivity index (χ0v) is 14.9. The molecule has 0 saturated heterocycles. The Kier molecular flexibility index (Phi) is 7.20. The van der Waals surface area contributed by atoms with Crippen LogP contribution < -0.4 is 10.1 Å². The fourth-order valence-electron chi connectivity index (χ4n) is 1.98. The van der Waals surface area contributed by atoms with Gasteiger partial charge in [-0.15, -0.1) is 11.8 Å². The van der Waals surface area contributed by atoms with Crippen molar-refractivity contribution >= 4 is 23.5 Å². The van der Waals surface area contributed by atoms with Crippen LogP contribution in [0.2, 0.25) is 0 Å². The molecule has 0 radical (unpaired) electrons. The zero-order valence-electron chi connectivity index (χ0n) is 14.1. The summed E-state index contributed by atoms with van der Waals surface area (Å²) in [6.07, 6.45) is -4.27. The topological polar surface area (TPSA) is 41.6 Å². The maximum absolute atomic E-state index is 12.4. The number of para-hydroxylation sites is 2. The number of halogens is 3. The van der Waals surface area contributed by atoms with Gasteiger partial charge in [0.1, 0.15) is 12.4 Å². The fraction of sp³-hybridized carbons (Fsp3) is 0.278. The van der Waals surface area contributed by atoms with E-state index in [1.54, 1.807) is 31.3 Å². The molecule has 2 aromatic rings. The number of rotatable bonds is 7. The first-order valence-corrected chi connectivity index (χ1v) is 8.82. The second-order valence-electron chi connectivity index (χ2n) is 5.41. The van der Waals surface area contributed by atoms with Crippen molar-refractivity contribution in [3.63, 3.8) is 0 Å². The van der Waals surface area contributed by atoms with E-state index in [-0.39, 0.29) is 0 Å². The van der Waals surface area contributed by atoms with Gasteiger partial charge in [-0.25, -0.2) is 4.79 Å². The maximum Gasteiger partial charge on any atom is 0.398 e. The second-order valence-corrected chi connectivity index (χ2v) is 6.43. The molecule has 4 nitrogen and oxygen atoms in total. The van der Waals surface area contributed by atoms with Gasteiger partial charge in [-0.2, -0.15) is 13.2 Å². The molecule has 2 amide bonds. The molecule has 0 heterocycles. The van der Waals surface area contributed by atoms with Crippen molar-refractivity contribution in [3.8, 4) is 5.75 Å². The first-order chi connectivity index (χ1) is 12.3.